The molecule has 27 heavy (non-hydrogen) atoms. The molecule has 0 aliphatic heterocycles. The van der Waals surface area contributed by atoms with Crippen molar-refractivity contribution >= 4 is 32.6 Å². The van der Waals surface area contributed by atoms with Crippen LogP contribution in [0.15, 0.2) is 47.1 Å². The quantitative estimate of drug-likeness (QED) is 0.524. The number of anilines is 1. The molecule has 0 unspecified atom stereocenters. The van der Waals surface area contributed by atoms with Gasteiger partial charge in [0.05, 0.1) is 28.1 Å². The van der Waals surface area contributed by atoms with Crippen LogP contribution in [-0.2, 0) is 6.54 Å². The highest BCUT2D eigenvalue weighted by atomic mass is 32.1. The smallest absolute Gasteiger partial charge is 0.299 e. The number of rotatable bonds is 4. The van der Waals surface area contributed by atoms with Crippen molar-refractivity contribution in [2.75, 3.05) is 4.90 Å². The molecule has 0 aliphatic carbocycles. The van der Waals surface area contributed by atoms with Crippen LogP contribution in [-0.4, -0.2) is 21.0 Å². The Labute approximate surface area is 160 Å². The molecule has 136 valence electrons. The highest BCUT2D eigenvalue weighted by Gasteiger charge is 2.25. The van der Waals surface area contributed by atoms with Crippen LogP contribution in [0.5, 0.6) is 0 Å². The molecule has 1 amide bonds. The number of hydrogen-bond donors (Lipinski definition) is 0. The Hall–Kier alpha value is -3.06. The van der Waals surface area contributed by atoms with Crippen LogP contribution >= 0.6 is 11.3 Å². The Morgan fingerprint density at radius 1 is 1.19 bits per heavy atom. The van der Waals surface area contributed by atoms with E-state index in [0.29, 0.717) is 17.4 Å². The zero-order chi connectivity index (χ0) is 19.0. The van der Waals surface area contributed by atoms with Crippen molar-refractivity contribution in [2.24, 2.45) is 0 Å². The summed E-state index contributed by atoms with van der Waals surface area (Å²) in [6, 6.07) is 11.4. The van der Waals surface area contributed by atoms with Crippen molar-refractivity contribution in [3.8, 4) is 0 Å². The molecule has 0 saturated heterocycles. The SMILES string of the molecule is Cc1cc(C(=O)N(Cc2ccccn2)c2nc3c(C)c(C)ccc3s2)on1. The first-order valence-electron chi connectivity index (χ1n) is 8.55. The molecule has 3 aromatic heterocycles. The molecule has 0 bridgehead atoms. The molecule has 3 heterocycles. The number of carbonyl (C=O) groups excluding carboxylic acids is 1. The van der Waals surface area contributed by atoms with Gasteiger partial charge in [-0.2, -0.15) is 0 Å². The number of aryl methyl sites for hydroxylation is 3. The second-order valence-corrected chi connectivity index (χ2v) is 7.40. The van der Waals surface area contributed by atoms with Gasteiger partial charge in [0.25, 0.3) is 5.91 Å². The molecule has 4 aromatic rings. The lowest BCUT2D eigenvalue weighted by Gasteiger charge is -2.17. The first-order chi connectivity index (χ1) is 13.0. The van der Waals surface area contributed by atoms with E-state index in [9.17, 15) is 4.79 Å². The maximum Gasteiger partial charge on any atom is 0.299 e. The third-order valence-electron chi connectivity index (χ3n) is 4.43. The number of hydrogen-bond acceptors (Lipinski definition) is 6. The average Bonchev–Trinajstić information content (AvgIpc) is 3.30. The monoisotopic (exact) mass is 378 g/mol. The number of fused-ring (bicyclic) bond motifs is 1. The number of pyridine rings is 1. The molecule has 1 aromatic carbocycles. The lowest BCUT2D eigenvalue weighted by atomic mass is 10.1. The molecule has 0 aliphatic rings. The van der Waals surface area contributed by atoms with Crippen LogP contribution < -0.4 is 4.90 Å². The van der Waals surface area contributed by atoms with Crippen LogP contribution in [0.2, 0.25) is 0 Å². The van der Waals surface area contributed by atoms with E-state index >= 15 is 0 Å². The predicted octanol–water partition coefficient (Wildman–Crippen LogP) is 4.45. The minimum absolute atomic E-state index is 0.190. The molecule has 0 saturated carbocycles. The first kappa shape index (κ1) is 17.4. The lowest BCUT2D eigenvalue weighted by molar-refractivity contribution is 0.0949. The summed E-state index contributed by atoms with van der Waals surface area (Å²) in [6.07, 6.45) is 1.71. The van der Waals surface area contributed by atoms with E-state index in [1.165, 1.54) is 16.9 Å². The van der Waals surface area contributed by atoms with Gasteiger partial charge < -0.3 is 4.52 Å². The van der Waals surface area contributed by atoms with Crippen molar-refractivity contribution in [3.63, 3.8) is 0 Å². The maximum absolute atomic E-state index is 13.1. The summed E-state index contributed by atoms with van der Waals surface area (Å²) >= 11 is 1.48. The van der Waals surface area contributed by atoms with Gasteiger partial charge in [0.15, 0.2) is 5.13 Å². The van der Waals surface area contributed by atoms with Crippen LogP contribution in [0.3, 0.4) is 0 Å². The number of nitrogens with zero attached hydrogens (tertiary/aromatic N) is 4. The van der Waals surface area contributed by atoms with Crippen LogP contribution in [0.25, 0.3) is 10.2 Å². The lowest BCUT2D eigenvalue weighted by Crippen LogP contribution is -2.30. The zero-order valence-electron chi connectivity index (χ0n) is 15.3. The fourth-order valence-corrected chi connectivity index (χ4v) is 3.83. The van der Waals surface area contributed by atoms with Gasteiger partial charge in [-0.3, -0.25) is 14.7 Å². The van der Waals surface area contributed by atoms with Gasteiger partial charge in [-0.15, -0.1) is 0 Å². The summed E-state index contributed by atoms with van der Waals surface area (Å²) in [5.41, 5.74) is 4.65. The van der Waals surface area contributed by atoms with Crippen LogP contribution in [0.4, 0.5) is 5.13 Å². The summed E-state index contributed by atoms with van der Waals surface area (Å²) in [5.74, 6) is -0.0923. The fraction of sp³-hybridized carbons (Fsp3) is 0.200. The summed E-state index contributed by atoms with van der Waals surface area (Å²) in [4.78, 5) is 23.8. The zero-order valence-corrected chi connectivity index (χ0v) is 16.1. The van der Waals surface area contributed by atoms with Crippen molar-refractivity contribution in [3.05, 3.63) is 70.9 Å². The van der Waals surface area contributed by atoms with Crippen LogP contribution in [0.1, 0.15) is 33.1 Å². The van der Waals surface area contributed by atoms with Gasteiger partial charge in [-0.1, -0.05) is 28.6 Å². The third-order valence-corrected chi connectivity index (χ3v) is 5.48. The van der Waals surface area contributed by atoms with Crippen molar-refractivity contribution < 1.29 is 9.32 Å². The van der Waals surface area contributed by atoms with Crippen molar-refractivity contribution in [2.45, 2.75) is 27.3 Å². The molecule has 0 N–H and O–H groups in total. The molecule has 6 nitrogen and oxygen atoms in total. The summed E-state index contributed by atoms with van der Waals surface area (Å²) in [6.45, 7) is 6.19. The van der Waals surface area contributed by atoms with E-state index in [1.807, 2.05) is 31.2 Å². The minimum Gasteiger partial charge on any atom is -0.351 e. The Balaban J connectivity index is 1.79. The Morgan fingerprint density at radius 2 is 2.04 bits per heavy atom. The minimum atomic E-state index is -0.283. The second-order valence-electron chi connectivity index (χ2n) is 6.40. The van der Waals surface area contributed by atoms with Gasteiger partial charge in [-0.05, 0) is 50.1 Å². The van der Waals surface area contributed by atoms with Crippen molar-refractivity contribution in [1.82, 2.24) is 15.1 Å². The first-order valence-corrected chi connectivity index (χ1v) is 9.36. The van der Waals surface area contributed by atoms with E-state index in [4.69, 9.17) is 9.51 Å². The molecular formula is C20H18N4O2S. The van der Waals surface area contributed by atoms with Crippen LogP contribution in [0, 0.1) is 20.8 Å². The molecule has 7 heteroatoms. The highest BCUT2D eigenvalue weighted by molar-refractivity contribution is 7.22. The van der Waals surface area contributed by atoms with E-state index in [2.05, 4.69) is 23.1 Å². The highest BCUT2D eigenvalue weighted by Crippen LogP contribution is 2.33. The number of amides is 1. The standard InChI is InChI=1S/C20H18N4O2S/c1-12-7-8-17-18(14(12)3)22-20(27-17)24(11-15-6-4-5-9-21-15)19(25)16-10-13(2)23-26-16/h4-10H,11H2,1-3H3. The van der Waals surface area contributed by atoms with Gasteiger partial charge >= 0.3 is 0 Å². The number of thiazole rings is 1. The topological polar surface area (TPSA) is 72.1 Å². The van der Waals surface area contributed by atoms with E-state index < -0.39 is 0 Å². The van der Waals surface area contributed by atoms with Gasteiger partial charge in [0.2, 0.25) is 5.76 Å². The molecular weight excluding hydrogens is 360 g/mol. The fourth-order valence-electron chi connectivity index (χ4n) is 2.81. The Kier molecular flexibility index (Phi) is 4.45. The average molecular weight is 378 g/mol. The number of benzene rings is 1. The summed E-state index contributed by atoms with van der Waals surface area (Å²) < 4.78 is 6.24. The Morgan fingerprint density at radius 3 is 2.74 bits per heavy atom. The molecule has 0 radical (unpaired) electrons. The van der Waals surface area contributed by atoms with E-state index in [-0.39, 0.29) is 11.7 Å². The Bertz CT molecular complexity index is 1120. The van der Waals surface area contributed by atoms with Gasteiger partial charge in [0, 0.05) is 12.3 Å². The third kappa shape index (κ3) is 3.33. The number of carbonyl (C=O) groups is 1. The van der Waals surface area contributed by atoms with E-state index in [0.717, 1.165) is 21.5 Å². The van der Waals surface area contributed by atoms with Gasteiger partial charge in [-0.25, -0.2) is 4.98 Å². The predicted molar refractivity (Wildman–Crippen MR) is 105 cm³/mol. The molecule has 0 fully saturated rings. The van der Waals surface area contributed by atoms with Crippen molar-refractivity contribution in [1.29, 1.82) is 0 Å². The molecule has 4 rings (SSSR count). The normalized spacial score (nSPS) is 11.1. The van der Waals surface area contributed by atoms with Gasteiger partial charge in [0.1, 0.15) is 0 Å². The molecule has 0 atom stereocenters. The second kappa shape index (κ2) is 6.92. The summed E-state index contributed by atoms with van der Waals surface area (Å²) in [5, 5.41) is 4.45. The maximum atomic E-state index is 13.1. The summed E-state index contributed by atoms with van der Waals surface area (Å²) in [7, 11) is 0. The van der Waals surface area contributed by atoms with E-state index in [1.54, 1.807) is 24.1 Å². The number of aromatic nitrogens is 3. The molecule has 0 spiro atoms. The largest absolute Gasteiger partial charge is 0.351 e.